The fraction of sp³-hybridized carbons (Fsp3) is 0.933. The van der Waals surface area contributed by atoms with Gasteiger partial charge in [-0.3, -0.25) is 9.69 Å². The summed E-state index contributed by atoms with van der Waals surface area (Å²) in [5, 5.41) is 0. The Morgan fingerprint density at radius 3 is 2.85 bits per heavy atom. The molecule has 0 aromatic carbocycles. The Hall–Kier alpha value is -0.650. The highest BCUT2D eigenvalue weighted by Gasteiger charge is 2.29. The number of nitrogens with two attached hydrogens (primary N) is 1. The van der Waals surface area contributed by atoms with Crippen LogP contribution in [0.4, 0.5) is 0 Å². The molecule has 116 valence electrons. The molecule has 2 aliphatic rings. The van der Waals surface area contributed by atoms with E-state index in [0.29, 0.717) is 18.6 Å². The van der Waals surface area contributed by atoms with Crippen molar-refractivity contribution in [1.29, 1.82) is 0 Å². The van der Waals surface area contributed by atoms with Crippen molar-refractivity contribution in [1.82, 2.24) is 9.80 Å². The third-order valence-electron chi connectivity index (χ3n) is 4.61. The molecule has 2 heterocycles. The van der Waals surface area contributed by atoms with Gasteiger partial charge in [-0.1, -0.05) is 6.92 Å². The number of rotatable bonds is 5. The van der Waals surface area contributed by atoms with Crippen molar-refractivity contribution < 1.29 is 9.53 Å². The predicted octanol–water partition coefficient (Wildman–Crippen LogP) is 0.685. The molecule has 2 rings (SSSR count). The average molecular weight is 283 g/mol. The van der Waals surface area contributed by atoms with Crippen molar-refractivity contribution in [2.45, 2.75) is 38.6 Å². The lowest BCUT2D eigenvalue weighted by Crippen LogP contribution is -2.41. The Balaban J connectivity index is 1.86. The van der Waals surface area contributed by atoms with Crippen molar-refractivity contribution in [3.8, 4) is 0 Å². The number of hydrogen-bond donors (Lipinski definition) is 1. The van der Waals surface area contributed by atoms with Crippen LogP contribution in [0.15, 0.2) is 0 Å². The first-order valence-corrected chi connectivity index (χ1v) is 8.07. The topological polar surface area (TPSA) is 58.8 Å². The Morgan fingerprint density at radius 2 is 2.20 bits per heavy atom. The van der Waals surface area contributed by atoms with E-state index in [0.717, 1.165) is 65.0 Å². The van der Waals surface area contributed by atoms with Crippen LogP contribution in [0.25, 0.3) is 0 Å². The molecule has 0 saturated carbocycles. The number of carbonyl (C=O) groups is 1. The van der Waals surface area contributed by atoms with Crippen LogP contribution in [-0.2, 0) is 9.53 Å². The van der Waals surface area contributed by atoms with Crippen LogP contribution in [0.2, 0.25) is 0 Å². The summed E-state index contributed by atoms with van der Waals surface area (Å²) in [6.45, 7) is 8.15. The van der Waals surface area contributed by atoms with Gasteiger partial charge in [0.2, 0.25) is 5.91 Å². The fourth-order valence-electron chi connectivity index (χ4n) is 3.35. The molecule has 2 aliphatic heterocycles. The Labute approximate surface area is 122 Å². The molecule has 20 heavy (non-hydrogen) atoms. The van der Waals surface area contributed by atoms with Gasteiger partial charge in [0.1, 0.15) is 0 Å². The second-order valence-corrected chi connectivity index (χ2v) is 5.91. The fourth-order valence-corrected chi connectivity index (χ4v) is 3.35. The van der Waals surface area contributed by atoms with Crippen molar-refractivity contribution >= 4 is 5.91 Å². The zero-order valence-electron chi connectivity index (χ0n) is 12.7. The quantitative estimate of drug-likeness (QED) is 0.806. The highest BCUT2D eigenvalue weighted by atomic mass is 16.5. The first kappa shape index (κ1) is 15.7. The van der Waals surface area contributed by atoms with E-state index in [1.54, 1.807) is 0 Å². The van der Waals surface area contributed by atoms with Crippen LogP contribution < -0.4 is 5.73 Å². The van der Waals surface area contributed by atoms with Crippen molar-refractivity contribution in [2.75, 3.05) is 45.9 Å². The van der Waals surface area contributed by atoms with E-state index in [4.69, 9.17) is 10.5 Å². The van der Waals surface area contributed by atoms with Gasteiger partial charge in [-0.05, 0) is 32.2 Å². The number of ether oxygens (including phenoxy) is 1. The van der Waals surface area contributed by atoms with E-state index >= 15 is 0 Å². The van der Waals surface area contributed by atoms with Gasteiger partial charge in [-0.2, -0.15) is 0 Å². The highest BCUT2D eigenvalue weighted by molar-refractivity contribution is 5.79. The molecule has 0 aromatic rings. The summed E-state index contributed by atoms with van der Waals surface area (Å²) in [6.07, 6.45) is 4.16. The molecule has 0 aliphatic carbocycles. The average Bonchev–Trinajstić information content (AvgIpc) is 2.89. The zero-order chi connectivity index (χ0) is 14.4. The number of carbonyl (C=O) groups excluding carboxylic acids is 1. The van der Waals surface area contributed by atoms with Gasteiger partial charge in [0, 0.05) is 38.8 Å². The Kier molecular flexibility index (Phi) is 6.26. The molecule has 2 N–H and O–H groups in total. The van der Waals surface area contributed by atoms with E-state index in [1.165, 1.54) is 0 Å². The smallest absolute Gasteiger partial charge is 0.228 e. The van der Waals surface area contributed by atoms with Gasteiger partial charge < -0.3 is 15.4 Å². The van der Waals surface area contributed by atoms with Gasteiger partial charge >= 0.3 is 0 Å². The molecule has 1 amide bonds. The molecule has 2 fully saturated rings. The highest BCUT2D eigenvalue weighted by Crippen LogP contribution is 2.18. The van der Waals surface area contributed by atoms with E-state index in [2.05, 4.69) is 16.7 Å². The molecule has 5 nitrogen and oxygen atoms in total. The van der Waals surface area contributed by atoms with Crippen LogP contribution in [0, 0.1) is 5.92 Å². The maximum Gasteiger partial charge on any atom is 0.228 e. The normalized spacial score (nSPS) is 26.5. The Bertz CT molecular complexity index is 305. The van der Waals surface area contributed by atoms with Gasteiger partial charge in [0.25, 0.3) is 0 Å². The van der Waals surface area contributed by atoms with Crippen LogP contribution >= 0.6 is 0 Å². The first-order valence-electron chi connectivity index (χ1n) is 8.07. The van der Waals surface area contributed by atoms with E-state index < -0.39 is 0 Å². The second kappa shape index (κ2) is 7.96. The van der Waals surface area contributed by atoms with E-state index in [1.807, 2.05) is 0 Å². The largest absolute Gasteiger partial charge is 0.381 e. The lowest BCUT2D eigenvalue weighted by Gasteiger charge is -2.30. The third-order valence-corrected chi connectivity index (χ3v) is 4.61. The van der Waals surface area contributed by atoms with E-state index in [9.17, 15) is 4.79 Å². The van der Waals surface area contributed by atoms with Crippen LogP contribution in [0.1, 0.15) is 32.6 Å². The third kappa shape index (κ3) is 3.93. The van der Waals surface area contributed by atoms with Crippen LogP contribution in [-0.4, -0.2) is 67.7 Å². The number of hydrogen-bond acceptors (Lipinski definition) is 4. The minimum atomic E-state index is 0.104. The Morgan fingerprint density at radius 1 is 1.35 bits per heavy atom. The maximum absolute atomic E-state index is 12.4. The number of nitrogens with zero attached hydrogens (tertiary/aromatic N) is 2. The first-order chi connectivity index (χ1) is 9.76. The van der Waals surface area contributed by atoms with Crippen molar-refractivity contribution in [3.63, 3.8) is 0 Å². The molecule has 5 heteroatoms. The summed E-state index contributed by atoms with van der Waals surface area (Å²) < 4.78 is 5.34. The molecular weight excluding hydrogens is 254 g/mol. The molecule has 0 radical (unpaired) electrons. The number of amides is 1. The standard InChI is InChI=1S/C15H29N3O2/c1-2-14(4-6-16)17-7-3-8-18(10-9-17)15(19)13-5-11-20-12-13/h13-14H,2-12,16H2,1H3. The summed E-state index contributed by atoms with van der Waals surface area (Å²) in [6, 6.07) is 0.574. The van der Waals surface area contributed by atoms with E-state index in [-0.39, 0.29) is 5.92 Å². The monoisotopic (exact) mass is 283 g/mol. The molecule has 2 atom stereocenters. The molecule has 0 bridgehead atoms. The van der Waals surface area contributed by atoms with Gasteiger partial charge in [0.15, 0.2) is 0 Å². The van der Waals surface area contributed by atoms with Gasteiger partial charge in [-0.25, -0.2) is 0 Å². The molecule has 0 aromatic heterocycles. The maximum atomic E-state index is 12.4. The van der Waals surface area contributed by atoms with Gasteiger partial charge in [-0.15, -0.1) is 0 Å². The zero-order valence-corrected chi connectivity index (χ0v) is 12.7. The molecule has 2 saturated heterocycles. The summed E-state index contributed by atoms with van der Waals surface area (Å²) in [4.78, 5) is 17.0. The SMILES string of the molecule is CCC(CCN)N1CCCN(C(=O)C2CCOC2)CC1. The lowest BCUT2D eigenvalue weighted by molar-refractivity contribution is -0.135. The van der Waals surface area contributed by atoms with Gasteiger partial charge in [0.05, 0.1) is 12.5 Å². The minimum absolute atomic E-state index is 0.104. The summed E-state index contributed by atoms with van der Waals surface area (Å²) in [5.41, 5.74) is 5.70. The van der Waals surface area contributed by atoms with Crippen LogP contribution in [0.5, 0.6) is 0 Å². The van der Waals surface area contributed by atoms with Crippen molar-refractivity contribution in [3.05, 3.63) is 0 Å². The lowest BCUT2D eigenvalue weighted by atomic mass is 10.1. The molecule has 0 spiro atoms. The molecular formula is C15H29N3O2. The predicted molar refractivity (Wildman–Crippen MR) is 79.4 cm³/mol. The summed E-state index contributed by atoms with van der Waals surface area (Å²) in [7, 11) is 0. The molecule has 2 unspecified atom stereocenters. The summed E-state index contributed by atoms with van der Waals surface area (Å²) in [5.74, 6) is 0.406. The summed E-state index contributed by atoms with van der Waals surface area (Å²) >= 11 is 0. The van der Waals surface area contributed by atoms with Crippen LogP contribution in [0.3, 0.4) is 0 Å². The second-order valence-electron chi connectivity index (χ2n) is 5.91. The van der Waals surface area contributed by atoms with Crippen molar-refractivity contribution in [2.24, 2.45) is 11.7 Å². The minimum Gasteiger partial charge on any atom is -0.381 e.